The Balaban J connectivity index is 2.06. The van der Waals surface area contributed by atoms with E-state index in [1.165, 1.54) is 0 Å². The lowest BCUT2D eigenvalue weighted by atomic mass is 10.2. The van der Waals surface area contributed by atoms with Crippen molar-refractivity contribution in [2.75, 3.05) is 20.3 Å². The van der Waals surface area contributed by atoms with Gasteiger partial charge in [-0.15, -0.1) is 0 Å². The van der Waals surface area contributed by atoms with Gasteiger partial charge in [-0.3, -0.25) is 0 Å². The normalized spacial score (nSPS) is 10.9. The first kappa shape index (κ1) is 14.7. The van der Waals surface area contributed by atoms with Crippen LogP contribution in [-0.4, -0.2) is 25.2 Å². The van der Waals surface area contributed by atoms with Gasteiger partial charge < -0.3 is 14.5 Å². The van der Waals surface area contributed by atoms with Crippen molar-refractivity contribution in [2.45, 2.75) is 6.54 Å². The maximum Gasteiger partial charge on any atom is 0.227 e. The lowest BCUT2D eigenvalue weighted by Crippen LogP contribution is -2.18. The van der Waals surface area contributed by atoms with E-state index < -0.39 is 0 Å². The maximum atomic E-state index is 5.51. The lowest BCUT2D eigenvalue weighted by Gasteiger charge is -2.01. The minimum Gasteiger partial charge on any atom is -0.444 e. The molecule has 0 fully saturated rings. The topological polar surface area (TPSA) is 47.3 Å². The Morgan fingerprint density at radius 2 is 2.21 bits per heavy atom. The van der Waals surface area contributed by atoms with Crippen LogP contribution in [0.5, 0.6) is 0 Å². The Morgan fingerprint density at radius 1 is 1.37 bits per heavy atom. The Labute approximate surface area is 128 Å². The van der Waals surface area contributed by atoms with E-state index in [4.69, 9.17) is 9.15 Å². The van der Waals surface area contributed by atoms with Gasteiger partial charge in [0.15, 0.2) is 0 Å². The van der Waals surface area contributed by atoms with Gasteiger partial charge in [0.25, 0.3) is 0 Å². The lowest BCUT2D eigenvalue weighted by molar-refractivity contribution is 0.199. The predicted molar refractivity (Wildman–Crippen MR) is 80.9 cm³/mol. The molecule has 1 aromatic heterocycles. The number of halogens is 2. The van der Waals surface area contributed by atoms with E-state index in [2.05, 4.69) is 42.2 Å². The molecule has 0 aliphatic carbocycles. The number of oxazole rings is 1. The van der Waals surface area contributed by atoms with E-state index in [-0.39, 0.29) is 0 Å². The van der Waals surface area contributed by atoms with Crippen molar-refractivity contribution in [3.8, 4) is 11.5 Å². The van der Waals surface area contributed by atoms with E-state index >= 15 is 0 Å². The summed E-state index contributed by atoms with van der Waals surface area (Å²) in [6, 6.07) is 5.89. The van der Waals surface area contributed by atoms with Crippen LogP contribution in [0.1, 0.15) is 5.69 Å². The summed E-state index contributed by atoms with van der Waals surface area (Å²) in [5, 5.41) is 3.22. The van der Waals surface area contributed by atoms with Crippen molar-refractivity contribution in [1.29, 1.82) is 0 Å². The van der Waals surface area contributed by atoms with Crippen molar-refractivity contribution in [1.82, 2.24) is 10.3 Å². The molecule has 0 spiro atoms. The number of benzene rings is 1. The molecule has 1 aromatic carbocycles. The largest absolute Gasteiger partial charge is 0.444 e. The van der Waals surface area contributed by atoms with Gasteiger partial charge in [0, 0.05) is 29.1 Å². The third-order valence-electron chi connectivity index (χ3n) is 2.50. The number of aromatic nitrogens is 1. The number of nitrogens with zero attached hydrogens (tertiary/aromatic N) is 1. The third-order valence-corrected chi connectivity index (χ3v) is 3.68. The van der Waals surface area contributed by atoms with Gasteiger partial charge in [0.2, 0.25) is 5.89 Å². The van der Waals surface area contributed by atoms with Crippen molar-refractivity contribution in [3.63, 3.8) is 0 Å². The van der Waals surface area contributed by atoms with E-state index in [1.54, 1.807) is 13.4 Å². The molecule has 2 aromatic rings. The average Bonchev–Trinajstić information content (AvgIpc) is 2.86. The number of hydrogen-bond donors (Lipinski definition) is 1. The molecule has 0 bridgehead atoms. The molecule has 6 heteroatoms. The van der Waals surface area contributed by atoms with Crippen LogP contribution in [0, 0.1) is 0 Å². The second kappa shape index (κ2) is 7.19. The summed E-state index contributed by atoms with van der Waals surface area (Å²) in [4.78, 5) is 4.46. The molecule has 0 amide bonds. The van der Waals surface area contributed by atoms with Gasteiger partial charge in [-0.1, -0.05) is 15.9 Å². The molecule has 0 radical (unpaired) electrons. The van der Waals surface area contributed by atoms with Crippen LogP contribution < -0.4 is 5.32 Å². The maximum absolute atomic E-state index is 5.51. The van der Waals surface area contributed by atoms with Crippen LogP contribution in [0.4, 0.5) is 0 Å². The second-order valence-corrected chi connectivity index (χ2v) is 5.71. The highest BCUT2D eigenvalue weighted by atomic mass is 79.9. The molecule has 4 nitrogen and oxygen atoms in total. The molecule has 0 unspecified atom stereocenters. The number of ether oxygens (including phenoxy) is 1. The van der Waals surface area contributed by atoms with Gasteiger partial charge in [-0.25, -0.2) is 4.98 Å². The van der Waals surface area contributed by atoms with Crippen LogP contribution in [0.15, 0.2) is 37.8 Å². The summed E-state index contributed by atoms with van der Waals surface area (Å²) < 4.78 is 12.4. The van der Waals surface area contributed by atoms with E-state index in [0.29, 0.717) is 19.0 Å². The molecule has 2 rings (SSSR count). The average molecular weight is 390 g/mol. The third kappa shape index (κ3) is 4.14. The van der Waals surface area contributed by atoms with Crippen LogP contribution in [0.3, 0.4) is 0 Å². The van der Waals surface area contributed by atoms with Gasteiger partial charge in [-0.2, -0.15) is 0 Å². The molecular weight excluding hydrogens is 376 g/mol. The van der Waals surface area contributed by atoms with E-state index in [1.807, 2.05) is 18.2 Å². The van der Waals surface area contributed by atoms with E-state index in [0.717, 1.165) is 26.7 Å². The minimum absolute atomic E-state index is 0.608. The fraction of sp³-hybridized carbons (Fsp3) is 0.308. The smallest absolute Gasteiger partial charge is 0.227 e. The number of methoxy groups -OCH3 is 1. The first-order valence-corrected chi connectivity index (χ1v) is 7.39. The first-order valence-electron chi connectivity index (χ1n) is 5.80. The van der Waals surface area contributed by atoms with Crippen molar-refractivity contribution < 1.29 is 9.15 Å². The zero-order chi connectivity index (χ0) is 13.7. The number of rotatable bonds is 6. The van der Waals surface area contributed by atoms with Crippen LogP contribution >= 0.6 is 31.9 Å². The van der Waals surface area contributed by atoms with Crippen LogP contribution in [0.2, 0.25) is 0 Å². The minimum atomic E-state index is 0.608. The highest BCUT2D eigenvalue weighted by Crippen LogP contribution is 2.30. The molecule has 1 N–H and O–H groups in total. The summed E-state index contributed by atoms with van der Waals surface area (Å²) in [5.41, 5.74) is 1.80. The number of hydrogen-bond acceptors (Lipinski definition) is 4. The molecular formula is C13H14Br2N2O2. The summed E-state index contributed by atoms with van der Waals surface area (Å²) in [6.45, 7) is 2.14. The molecule has 0 saturated carbocycles. The monoisotopic (exact) mass is 388 g/mol. The predicted octanol–water partition coefficient (Wildman–Crippen LogP) is 3.60. The summed E-state index contributed by atoms with van der Waals surface area (Å²) in [7, 11) is 1.68. The zero-order valence-corrected chi connectivity index (χ0v) is 13.6. The zero-order valence-electron chi connectivity index (χ0n) is 10.5. The molecule has 0 atom stereocenters. The van der Waals surface area contributed by atoms with Crippen LogP contribution in [0.25, 0.3) is 11.5 Å². The highest BCUT2D eigenvalue weighted by molar-refractivity contribution is 9.11. The Bertz CT molecular complexity index is 543. The molecule has 0 saturated heterocycles. The second-order valence-electron chi connectivity index (χ2n) is 3.94. The van der Waals surface area contributed by atoms with Gasteiger partial charge in [0.1, 0.15) is 6.26 Å². The summed E-state index contributed by atoms with van der Waals surface area (Å²) in [5.74, 6) is 0.608. The molecule has 19 heavy (non-hydrogen) atoms. The standard InChI is InChI=1S/C13H14Br2N2O2/c1-18-5-4-16-7-10-8-19-13(17-10)11-6-9(14)2-3-12(11)15/h2-3,6,8,16H,4-5,7H2,1H3. The number of nitrogens with one attached hydrogen (secondary N) is 1. The Morgan fingerprint density at radius 3 is 3.00 bits per heavy atom. The molecule has 102 valence electrons. The van der Waals surface area contributed by atoms with Crippen molar-refractivity contribution in [3.05, 3.63) is 39.1 Å². The van der Waals surface area contributed by atoms with Gasteiger partial charge >= 0.3 is 0 Å². The fourth-order valence-electron chi connectivity index (χ4n) is 1.56. The quantitative estimate of drug-likeness (QED) is 0.766. The van der Waals surface area contributed by atoms with Crippen LogP contribution in [-0.2, 0) is 11.3 Å². The Kier molecular flexibility index (Phi) is 5.57. The summed E-state index contributed by atoms with van der Waals surface area (Å²) in [6.07, 6.45) is 1.67. The molecule has 0 aliphatic heterocycles. The van der Waals surface area contributed by atoms with E-state index in [9.17, 15) is 0 Å². The molecule has 0 aliphatic rings. The molecule has 1 heterocycles. The van der Waals surface area contributed by atoms with Gasteiger partial charge in [-0.05, 0) is 34.1 Å². The SMILES string of the molecule is COCCNCc1coc(-c2cc(Br)ccc2Br)n1. The Hall–Kier alpha value is -0.690. The van der Waals surface area contributed by atoms with Gasteiger partial charge in [0.05, 0.1) is 17.9 Å². The van der Waals surface area contributed by atoms with Crippen molar-refractivity contribution >= 4 is 31.9 Å². The first-order chi connectivity index (χ1) is 9.20. The highest BCUT2D eigenvalue weighted by Gasteiger charge is 2.10. The summed E-state index contributed by atoms with van der Waals surface area (Å²) >= 11 is 6.94. The fourth-order valence-corrected chi connectivity index (χ4v) is 2.34. The van der Waals surface area contributed by atoms with Crippen molar-refractivity contribution in [2.24, 2.45) is 0 Å².